The number of cyclic esters (lactones) is 1. The molecule has 23 heavy (non-hydrogen) atoms. The Kier molecular flexibility index (Phi) is 5.15. The first-order valence-electron chi connectivity index (χ1n) is 8.34. The molecule has 2 fully saturated rings. The lowest BCUT2D eigenvalue weighted by Crippen LogP contribution is -2.37. The van der Waals surface area contributed by atoms with E-state index in [0.29, 0.717) is 13.2 Å². The van der Waals surface area contributed by atoms with Crippen molar-refractivity contribution in [3.8, 4) is 0 Å². The Balaban J connectivity index is 1.51. The molecule has 2 aliphatic rings. The lowest BCUT2D eigenvalue weighted by molar-refractivity contribution is 0.0812. The molecule has 2 heterocycles. The number of hydrogen-bond acceptors (Lipinski definition) is 5. The van der Waals surface area contributed by atoms with Crippen LogP contribution in [-0.2, 0) is 4.74 Å². The SMILES string of the molecule is N[C@H](CCN1CCC(O)CC1)c1ccc(N2CCOC2=O)cc1. The summed E-state index contributed by atoms with van der Waals surface area (Å²) in [4.78, 5) is 15.5. The van der Waals surface area contributed by atoms with Gasteiger partial charge in [0, 0.05) is 24.8 Å². The highest BCUT2D eigenvalue weighted by Crippen LogP contribution is 2.23. The Morgan fingerprint density at radius 2 is 1.91 bits per heavy atom. The van der Waals surface area contributed by atoms with Gasteiger partial charge >= 0.3 is 6.09 Å². The number of nitrogens with two attached hydrogens (primary N) is 1. The number of amides is 1. The van der Waals surface area contributed by atoms with Crippen LogP contribution in [-0.4, -0.2) is 55.0 Å². The van der Waals surface area contributed by atoms with E-state index in [2.05, 4.69) is 4.90 Å². The zero-order chi connectivity index (χ0) is 16.2. The summed E-state index contributed by atoms with van der Waals surface area (Å²) >= 11 is 0. The minimum absolute atomic E-state index is 0.0126. The van der Waals surface area contributed by atoms with Crippen molar-refractivity contribution in [2.45, 2.75) is 31.4 Å². The molecule has 1 atom stereocenters. The molecular weight excluding hydrogens is 294 g/mol. The van der Waals surface area contributed by atoms with Gasteiger partial charge in [0.25, 0.3) is 0 Å². The Labute approximate surface area is 136 Å². The van der Waals surface area contributed by atoms with Gasteiger partial charge in [-0.1, -0.05) is 12.1 Å². The number of carbonyl (C=O) groups is 1. The molecule has 2 aliphatic heterocycles. The summed E-state index contributed by atoms with van der Waals surface area (Å²) in [5.41, 5.74) is 8.23. The van der Waals surface area contributed by atoms with Gasteiger partial charge in [-0.3, -0.25) is 4.90 Å². The van der Waals surface area contributed by atoms with Gasteiger partial charge in [-0.05, 0) is 43.5 Å². The second-order valence-corrected chi connectivity index (χ2v) is 6.33. The fraction of sp³-hybridized carbons (Fsp3) is 0.588. The van der Waals surface area contributed by atoms with Crippen molar-refractivity contribution in [1.29, 1.82) is 0 Å². The number of piperidine rings is 1. The van der Waals surface area contributed by atoms with Crippen molar-refractivity contribution in [2.75, 3.05) is 37.7 Å². The number of anilines is 1. The van der Waals surface area contributed by atoms with Crippen LogP contribution in [0.25, 0.3) is 0 Å². The quantitative estimate of drug-likeness (QED) is 0.859. The van der Waals surface area contributed by atoms with Gasteiger partial charge in [0.1, 0.15) is 6.61 Å². The molecule has 6 nitrogen and oxygen atoms in total. The van der Waals surface area contributed by atoms with Crippen LogP contribution in [0.5, 0.6) is 0 Å². The number of nitrogens with zero attached hydrogens (tertiary/aromatic N) is 2. The van der Waals surface area contributed by atoms with Crippen molar-refractivity contribution in [3.63, 3.8) is 0 Å². The van der Waals surface area contributed by atoms with E-state index < -0.39 is 0 Å². The predicted octanol–water partition coefficient (Wildman–Crippen LogP) is 1.49. The summed E-state index contributed by atoms with van der Waals surface area (Å²) in [6.45, 7) is 3.90. The number of carbonyl (C=O) groups excluding carboxylic acids is 1. The minimum atomic E-state index is -0.283. The molecule has 1 amide bonds. The Morgan fingerprint density at radius 3 is 2.52 bits per heavy atom. The highest BCUT2D eigenvalue weighted by Gasteiger charge is 2.23. The molecule has 0 saturated carbocycles. The van der Waals surface area contributed by atoms with E-state index >= 15 is 0 Å². The standard InChI is InChI=1S/C17H25N3O3/c18-16(7-10-19-8-5-15(21)6-9-19)13-1-3-14(4-2-13)20-11-12-23-17(20)22/h1-4,15-16,21H,5-12,18H2/t16-/m1/s1. The van der Waals surface area contributed by atoms with E-state index in [9.17, 15) is 9.90 Å². The second-order valence-electron chi connectivity index (χ2n) is 6.33. The summed E-state index contributed by atoms with van der Waals surface area (Å²) in [7, 11) is 0. The van der Waals surface area contributed by atoms with Gasteiger partial charge in [0.15, 0.2) is 0 Å². The molecular formula is C17H25N3O3. The van der Waals surface area contributed by atoms with Crippen LogP contribution in [0.4, 0.5) is 10.5 Å². The average molecular weight is 319 g/mol. The van der Waals surface area contributed by atoms with Crippen LogP contribution in [0.2, 0.25) is 0 Å². The second kappa shape index (κ2) is 7.29. The largest absolute Gasteiger partial charge is 0.447 e. The molecule has 6 heteroatoms. The van der Waals surface area contributed by atoms with Crippen molar-refractivity contribution in [2.24, 2.45) is 5.73 Å². The van der Waals surface area contributed by atoms with E-state index in [1.54, 1.807) is 4.90 Å². The van der Waals surface area contributed by atoms with Crippen molar-refractivity contribution < 1.29 is 14.6 Å². The van der Waals surface area contributed by atoms with Gasteiger partial charge in [0.05, 0.1) is 12.6 Å². The first-order chi connectivity index (χ1) is 11.1. The van der Waals surface area contributed by atoms with E-state index in [1.807, 2.05) is 24.3 Å². The normalized spacial score (nSPS) is 21.5. The Hall–Kier alpha value is -1.63. The van der Waals surface area contributed by atoms with Crippen molar-refractivity contribution in [1.82, 2.24) is 4.90 Å². The number of aliphatic hydroxyl groups is 1. The molecule has 1 aromatic carbocycles. The lowest BCUT2D eigenvalue weighted by Gasteiger charge is -2.30. The van der Waals surface area contributed by atoms with E-state index in [4.69, 9.17) is 10.5 Å². The van der Waals surface area contributed by atoms with E-state index in [0.717, 1.165) is 50.1 Å². The van der Waals surface area contributed by atoms with Gasteiger partial charge in [0.2, 0.25) is 0 Å². The maximum atomic E-state index is 11.5. The molecule has 0 radical (unpaired) electrons. The van der Waals surface area contributed by atoms with Crippen LogP contribution >= 0.6 is 0 Å². The number of hydrogen-bond donors (Lipinski definition) is 2. The highest BCUT2D eigenvalue weighted by molar-refractivity contribution is 5.89. The van der Waals surface area contributed by atoms with Gasteiger partial charge in [-0.2, -0.15) is 0 Å². The topological polar surface area (TPSA) is 79.0 Å². The molecule has 126 valence electrons. The summed E-state index contributed by atoms with van der Waals surface area (Å²) in [5.74, 6) is 0. The number of benzene rings is 1. The Morgan fingerprint density at radius 1 is 1.22 bits per heavy atom. The minimum Gasteiger partial charge on any atom is -0.447 e. The third-order valence-electron chi connectivity index (χ3n) is 4.71. The smallest absolute Gasteiger partial charge is 0.414 e. The fourth-order valence-corrected chi connectivity index (χ4v) is 3.16. The molecule has 3 N–H and O–H groups in total. The molecule has 0 bridgehead atoms. The third kappa shape index (κ3) is 4.02. The maximum Gasteiger partial charge on any atom is 0.414 e. The summed E-state index contributed by atoms with van der Waals surface area (Å²) < 4.78 is 4.95. The summed E-state index contributed by atoms with van der Waals surface area (Å²) in [6.07, 6.45) is 2.19. The molecule has 0 aromatic heterocycles. The Bertz CT molecular complexity index is 526. The molecule has 1 aromatic rings. The zero-order valence-electron chi connectivity index (χ0n) is 13.4. The van der Waals surface area contributed by atoms with E-state index in [-0.39, 0.29) is 18.2 Å². The predicted molar refractivity (Wildman–Crippen MR) is 88.4 cm³/mol. The van der Waals surface area contributed by atoms with Gasteiger partial charge in [-0.15, -0.1) is 0 Å². The number of aliphatic hydroxyl groups excluding tert-OH is 1. The van der Waals surface area contributed by atoms with Crippen LogP contribution in [0.15, 0.2) is 24.3 Å². The molecule has 0 spiro atoms. The number of likely N-dealkylation sites (tertiary alicyclic amines) is 1. The number of ether oxygens (including phenoxy) is 1. The monoisotopic (exact) mass is 319 g/mol. The average Bonchev–Trinajstić information content (AvgIpc) is 3.00. The molecule has 0 aliphatic carbocycles. The number of rotatable bonds is 5. The van der Waals surface area contributed by atoms with Gasteiger partial charge < -0.3 is 20.5 Å². The van der Waals surface area contributed by atoms with Crippen molar-refractivity contribution in [3.05, 3.63) is 29.8 Å². The molecule has 3 rings (SSSR count). The first-order valence-corrected chi connectivity index (χ1v) is 8.34. The van der Waals surface area contributed by atoms with Gasteiger partial charge in [-0.25, -0.2) is 4.79 Å². The lowest BCUT2D eigenvalue weighted by atomic mass is 10.0. The molecule has 0 unspecified atom stereocenters. The van der Waals surface area contributed by atoms with Crippen LogP contribution in [0, 0.1) is 0 Å². The maximum absolute atomic E-state index is 11.5. The van der Waals surface area contributed by atoms with Crippen LogP contribution in [0.3, 0.4) is 0 Å². The van der Waals surface area contributed by atoms with E-state index in [1.165, 1.54) is 0 Å². The zero-order valence-corrected chi connectivity index (χ0v) is 13.4. The van der Waals surface area contributed by atoms with Crippen molar-refractivity contribution >= 4 is 11.8 Å². The van der Waals surface area contributed by atoms with Crippen LogP contribution in [0.1, 0.15) is 30.9 Å². The van der Waals surface area contributed by atoms with Crippen LogP contribution < -0.4 is 10.6 Å². The third-order valence-corrected chi connectivity index (χ3v) is 4.71. The fourth-order valence-electron chi connectivity index (χ4n) is 3.16. The summed E-state index contributed by atoms with van der Waals surface area (Å²) in [6, 6.07) is 7.83. The molecule has 2 saturated heterocycles. The summed E-state index contributed by atoms with van der Waals surface area (Å²) in [5, 5.41) is 9.53. The highest BCUT2D eigenvalue weighted by atomic mass is 16.6. The first kappa shape index (κ1) is 16.2.